The highest BCUT2D eigenvalue weighted by Crippen LogP contribution is 2.16. The summed E-state index contributed by atoms with van der Waals surface area (Å²) in [6.45, 7) is 14.6. The molecule has 0 aliphatic carbocycles. The molecule has 0 spiro atoms. The second-order valence-electron chi connectivity index (χ2n) is 4.51. The number of carbonyl (C=O) groups is 1. The second kappa shape index (κ2) is 8.20. The van der Waals surface area contributed by atoms with Gasteiger partial charge in [0.25, 0.3) is 5.91 Å². The lowest BCUT2D eigenvalue weighted by atomic mass is 10.1. The lowest BCUT2D eigenvalue weighted by molar-refractivity contribution is 0.0791. The van der Waals surface area contributed by atoms with Gasteiger partial charge in [0.1, 0.15) is 0 Å². The topological polar surface area (TPSA) is 23.6 Å². The van der Waals surface area contributed by atoms with Gasteiger partial charge >= 0.3 is 0 Å². The number of hydrogen-bond acceptors (Lipinski definition) is 2. The van der Waals surface area contributed by atoms with Crippen LogP contribution in [0.3, 0.4) is 0 Å². The lowest BCUT2D eigenvalue weighted by Crippen LogP contribution is -2.31. The van der Waals surface area contributed by atoms with Crippen molar-refractivity contribution in [2.75, 3.05) is 31.1 Å². The van der Waals surface area contributed by atoms with Crippen LogP contribution in [0, 0.1) is 0 Å². The van der Waals surface area contributed by atoms with Crippen LogP contribution in [0.25, 0.3) is 0 Å². The molecule has 0 heterocycles. The molecule has 0 radical (unpaired) electrons. The molecule has 1 rings (SSSR count). The Kier molecular flexibility index (Phi) is 6.57. The van der Waals surface area contributed by atoms with Crippen LogP contribution in [0.15, 0.2) is 49.6 Å². The van der Waals surface area contributed by atoms with Gasteiger partial charge in [-0.05, 0) is 38.1 Å². The predicted molar refractivity (Wildman–Crippen MR) is 86.3 cm³/mol. The molecule has 3 heteroatoms. The van der Waals surface area contributed by atoms with E-state index < -0.39 is 0 Å². The summed E-state index contributed by atoms with van der Waals surface area (Å²) < 4.78 is 0. The first-order valence-corrected chi connectivity index (χ1v) is 7.03. The fraction of sp³-hybridized carbons (Fsp3) is 0.353. The number of amides is 1. The average Bonchev–Trinajstić information content (AvgIpc) is 2.48. The van der Waals surface area contributed by atoms with Gasteiger partial charge < -0.3 is 9.80 Å². The van der Waals surface area contributed by atoms with Crippen molar-refractivity contribution in [2.45, 2.75) is 13.8 Å². The van der Waals surface area contributed by atoms with Crippen molar-refractivity contribution >= 4 is 11.6 Å². The number of nitrogens with zero attached hydrogens (tertiary/aromatic N) is 2. The molecule has 0 aliphatic rings. The third-order valence-corrected chi connectivity index (χ3v) is 3.23. The Bertz CT molecular complexity index is 437. The summed E-state index contributed by atoms with van der Waals surface area (Å²) in [6.07, 6.45) is 3.46. The molecule has 0 aliphatic heterocycles. The molecule has 1 amide bonds. The predicted octanol–water partition coefficient (Wildman–Crippen LogP) is 3.35. The molecule has 0 bridgehead atoms. The van der Waals surface area contributed by atoms with E-state index in [1.807, 2.05) is 24.3 Å². The van der Waals surface area contributed by atoms with Gasteiger partial charge in [-0.2, -0.15) is 0 Å². The van der Waals surface area contributed by atoms with Crippen LogP contribution in [0.2, 0.25) is 0 Å². The van der Waals surface area contributed by atoms with Crippen molar-refractivity contribution < 1.29 is 4.79 Å². The second-order valence-corrected chi connectivity index (χ2v) is 4.51. The van der Waals surface area contributed by atoms with Gasteiger partial charge in [0.05, 0.1) is 0 Å². The maximum atomic E-state index is 12.4. The van der Waals surface area contributed by atoms with E-state index in [2.05, 4.69) is 31.9 Å². The smallest absolute Gasteiger partial charge is 0.254 e. The molecule has 108 valence electrons. The van der Waals surface area contributed by atoms with Crippen LogP contribution in [0.4, 0.5) is 5.69 Å². The van der Waals surface area contributed by atoms with Gasteiger partial charge in [-0.3, -0.25) is 4.79 Å². The van der Waals surface area contributed by atoms with Gasteiger partial charge in [0, 0.05) is 37.4 Å². The first-order valence-electron chi connectivity index (χ1n) is 7.03. The molecule has 0 saturated heterocycles. The van der Waals surface area contributed by atoms with E-state index in [-0.39, 0.29) is 5.91 Å². The Morgan fingerprint density at radius 2 is 1.55 bits per heavy atom. The molecular formula is C17H24N2O. The number of rotatable bonds is 8. The molecule has 0 fully saturated rings. The molecule has 0 unspecified atom stereocenters. The number of carbonyl (C=O) groups excluding carboxylic acids is 1. The lowest BCUT2D eigenvalue weighted by Gasteiger charge is -2.22. The minimum atomic E-state index is 0.0101. The molecule has 3 nitrogen and oxygen atoms in total. The number of anilines is 1. The zero-order valence-corrected chi connectivity index (χ0v) is 12.5. The summed E-state index contributed by atoms with van der Waals surface area (Å²) in [5, 5.41) is 0. The van der Waals surface area contributed by atoms with Gasteiger partial charge in [0.2, 0.25) is 0 Å². The monoisotopic (exact) mass is 272 g/mol. The van der Waals surface area contributed by atoms with Crippen LogP contribution in [-0.2, 0) is 0 Å². The van der Waals surface area contributed by atoms with E-state index in [1.165, 1.54) is 0 Å². The van der Waals surface area contributed by atoms with Gasteiger partial charge in [-0.1, -0.05) is 12.2 Å². The van der Waals surface area contributed by atoms with Crippen molar-refractivity contribution in [1.82, 2.24) is 4.90 Å². The largest absolute Gasteiger partial charge is 0.372 e. The van der Waals surface area contributed by atoms with Crippen LogP contribution in [-0.4, -0.2) is 37.0 Å². The summed E-state index contributed by atoms with van der Waals surface area (Å²) in [5.41, 5.74) is 1.84. The van der Waals surface area contributed by atoms with E-state index in [1.54, 1.807) is 17.1 Å². The van der Waals surface area contributed by atoms with Crippen molar-refractivity contribution in [1.29, 1.82) is 0 Å². The molecule has 0 aromatic heterocycles. The summed E-state index contributed by atoms with van der Waals surface area (Å²) in [5.74, 6) is 0.0101. The summed E-state index contributed by atoms with van der Waals surface area (Å²) in [4.78, 5) is 16.3. The van der Waals surface area contributed by atoms with E-state index in [0.717, 1.165) is 18.8 Å². The summed E-state index contributed by atoms with van der Waals surface area (Å²) >= 11 is 0. The number of hydrogen-bond donors (Lipinski definition) is 0. The van der Waals surface area contributed by atoms with E-state index in [0.29, 0.717) is 18.7 Å². The van der Waals surface area contributed by atoms with Crippen molar-refractivity contribution in [3.05, 3.63) is 55.1 Å². The van der Waals surface area contributed by atoms with E-state index in [4.69, 9.17) is 0 Å². The Morgan fingerprint density at radius 1 is 1.05 bits per heavy atom. The Balaban J connectivity index is 2.88. The fourth-order valence-corrected chi connectivity index (χ4v) is 2.14. The highest BCUT2D eigenvalue weighted by molar-refractivity contribution is 5.94. The molecule has 0 atom stereocenters. The van der Waals surface area contributed by atoms with E-state index >= 15 is 0 Å². The summed E-state index contributed by atoms with van der Waals surface area (Å²) in [6, 6.07) is 7.77. The molecular weight excluding hydrogens is 248 g/mol. The third kappa shape index (κ3) is 3.98. The average molecular weight is 272 g/mol. The van der Waals surface area contributed by atoms with Crippen LogP contribution in [0.5, 0.6) is 0 Å². The molecule has 1 aromatic rings. The Hall–Kier alpha value is -2.03. The van der Waals surface area contributed by atoms with Gasteiger partial charge in [-0.15, -0.1) is 13.2 Å². The molecule has 0 N–H and O–H groups in total. The first kappa shape index (κ1) is 16.0. The van der Waals surface area contributed by atoms with Crippen LogP contribution < -0.4 is 4.90 Å². The highest BCUT2D eigenvalue weighted by atomic mass is 16.2. The maximum absolute atomic E-state index is 12.4. The quantitative estimate of drug-likeness (QED) is 0.678. The zero-order chi connectivity index (χ0) is 15.0. The van der Waals surface area contributed by atoms with Gasteiger partial charge in [0.15, 0.2) is 0 Å². The highest BCUT2D eigenvalue weighted by Gasteiger charge is 2.13. The fourth-order valence-electron chi connectivity index (χ4n) is 2.14. The minimum Gasteiger partial charge on any atom is -0.372 e. The van der Waals surface area contributed by atoms with Crippen LogP contribution >= 0.6 is 0 Å². The minimum absolute atomic E-state index is 0.0101. The molecule has 0 saturated carbocycles. The SMILES string of the molecule is C=CCN(CC=C)C(=O)c1ccc(N(CC)CC)cc1. The van der Waals surface area contributed by atoms with Crippen molar-refractivity contribution in [2.24, 2.45) is 0 Å². The standard InChI is InChI=1S/C17H24N2O/c1-5-13-19(14-6-2)17(20)15-9-11-16(12-10-15)18(7-3)8-4/h5-6,9-12H,1-2,7-8,13-14H2,3-4H3. The molecule has 20 heavy (non-hydrogen) atoms. The van der Waals surface area contributed by atoms with Gasteiger partial charge in [-0.25, -0.2) is 0 Å². The van der Waals surface area contributed by atoms with E-state index in [9.17, 15) is 4.79 Å². The molecule has 1 aromatic carbocycles. The maximum Gasteiger partial charge on any atom is 0.254 e. The summed E-state index contributed by atoms with van der Waals surface area (Å²) in [7, 11) is 0. The van der Waals surface area contributed by atoms with Crippen LogP contribution in [0.1, 0.15) is 24.2 Å². The Morgan fingerprint density at radius 3 is 1.95 bits per heavy atom. The van der Waals surface area contributed by atoms with Crippen molar-refractivity contribution in [3.63, 3.8) is 0 Å². The number of benzene rings is 1. The third-order valence-electron chi connectivity index (χ3n) is 3.23. The normalized spacial score (nSPS) is 9.90. The zero-order valence-electron chi connectivity index (χ0n) is 12.5. The first-order chi connectivity index (χ1) is 9.67. The Labute approximate surface area is 122 Å². The van der Waals surface area contributed by atoms with Crippen molar-refractivity contribution in [3.8, 4) is 0 Å².